The predicted molar refractivity (Wildman–Crippen MR) is 127 cm³/mol. The molecule has 2 aromatic carbocycles. The van der Waals surface area contributed by atoms with E-state index in [0.29, 0.717) is 37.0 Å². The molecule has 0 radical (unpaired) electrons. The number of hydrogen-bond donors (Lipinski definition) is 1. The first-order valence-electron chi connectivity index (χ1n) is 10.4. The molecule has 9 nitrogen and oxygen atoms in total. The van der Waals surface area contributed by atoms with Crippen molar-refractivity contribution in [2.24, 2.45) is 5.73 Å². The van der Waals surface area contributed by atoms with Crippen molar-refractivity contribution in [2.75, 3.05) is 44.0 Å². The third-order valence-corrected chi connectivity index (χ3v) is 7.53. The van der Waals surface area contributed by atoms with E-state index in [2.05, 4.69) is 4.98 Å². The van der Waals surface area contributed by atoms with E-state index in [1.54, 1.807) is 23.1 Å². The van der Waals surface area contributed by atoms with E-state index in [0.717, 1.165) is 15.8 Å². The number of nitrogens with two attached hydrogens (primary N) is 1. The van der Waals surface area contributed by atoms with Gasteiger partial charge in [-0.05, 0) is 35.4 Å². The molecule has 0 spiro atoms. The zero-order chi connectivity index (χ0) is 23.6. The van der Waals surface area contributed by atoms with Crippen LogP contribution in [-0.4, -0.2) is 69.3 Å². The first-order chi connectivity index (χ1) is 15.7. The van der Waals surface area contributed by atoms with Crippen molar-refractivity contribution in [1.82, 2.24) is 9.88 Å². The van der Waals surface area contributed by atoms with E-state index >= 15 is 0 Å². The molecule has 3 amide bonds. The summed E-state index contributed by atoms with van der Waals surface area (Å²) in [5, 5.41) is 0.411. The number of aromatic nitrogens is 1. The number of anilines is 1. The molecule has 1 aromatic heterocycles. The number of hydrogen-bond acceptors (Lipinski definition) is 7. The van der Waals surface area contributed by atoms with Crippen LogP contribution >= 0.6 is 11.3 Å². The molecule has 0 aliphatic carbocycles. The summed E-state index contributed by atoms with van der Waals surface area (Å²) in [6.45, 7) is 2.24. The highest BCUT2D eigenvalue weighted by molar-refractivity contribution is 7.90. The normalized spacial score (nSPS) is 14.4. The maximum absolute atomic E-state index is 12.5. The Morgan fingerprint density at radius 1 is 1.15 bits per heavy atom. The highest BCUT2D eigenvalue weighted by atomic mass is 32.2. The number of amides is 3. The summed E-state index contributed by atoms with van der Waals surface area (Å²) >= 11 is 1.29. The van der Waals surface area contributed by atoms with E-state index < -0.39 is 15.9 Å². The maximum Gasteiger partial charge on any atom is 0.321 e. The standard InChI is InChI=1S/C22H24N4O5S2/c1-33(29,30)17-4-2-3-15(13-17)16-5-6-18-19(14-16)32-22(24-18)26(21(23)28)8-7-20(27)25-9-11-31-12-10-25/h2-6,13-14H,7-12H2,1H3,(H2,23,28). The van der Waals surface area contributed by atoms with Gasteiger partial charge in [-0.1, -0.05) is 29.5 Å². The van der Waals surface area contributed by atoms with Gasteiger partial charge in [0.2, 0.25) is 5.91 Å². The lowest BCUT2D eigenvalue weighted by atomic mass is 10.1. The molecule has 174 valence electrons. The van der Waals surface area contributed by atoms with Crippen LogP contribution in [-0.2, 0) is 19.4 Å². The molecule has 4 rings (SSSR count). The van der Waals surface area contributed by atoms with Crippen LogP contribution in [0.15, 0.2) is 47.4 Å². The maximum atomic E-state index is 12.5. The van der Waals surface area contributed by atoms with Crippen LogP contribution < -0.4 is 10.6 Å². The van der Waals surface area contributed by atoms with Crippen LogP contribution in [0.1, 0.15) is 6.42 Å². The number of benzene rings is 2. The third-order valence-electron chi connectivity index (χ3n) is 5.38. The SMILES string of the molecule is CS(=O)(=O)c1cccc(-c2ccc3nc(N(CCC(=O)N4CCOCC4)C(N)=O)sc3c2)c1. The van der Waals surface area contributed by atoms with Gasteiger partial charge in [0.1, 0.15) is 0 Å². The van der Waals surface area contributed by atoms with Crippen LogP contribution in [0.5, 0.6) is 0 Å². The summed E-state index contributed by atoms with van der Waals surface area (Å²) in [7, 11) is -3.32. The first-order valence-corrected chi connectivity index (χ1v) is 13.1. The average molecular weight is 489 g/mol. The predicted octanol–water partition coefficient (Wildman–Crippen LogP) is 2.50. The van der Waals surface area contributed by atoms with E-state index in [1.165, 1.54) is 22.5 Å². The fourth-order valence-corrected chi connectivity index (χ4v) is 5.30. The first kappa shape index (κ1) is 23.1. The van der Waals surface area contributed by atoms with Crippen LogP contribution in [0.4, 0.5) is 9.93 Å². The van der Waals surface area contributed by atoms with Gasteiger partial charge in [0, 0.05) is 32.3 Å². The number of carbonyl (C=O) groups excluding carboxylic acids is 2. The highest BCUT2D eigenvalue weighted by Crippen LogP contribution is 2.33. The molecule has 1 aliphatic heterocycles. The molecule has 0 bridgehead atoms. The van der Waals surface area contributed by atoms with Gasteiger partial charge in [0.25, 0.3) is 0 Å². The molecule has 0 unspecified atom stereocenters. The number of nitrogens with zero attached hydrogens (tertiary/aromatic N) is 3. The van der Waals surface area contributed by atoms with Crippen LogP contribution in [0, 0.1) is 0 Å². The smallest absolute Gasteiger partial charge is 0.321 e. The van der Waals surface area contributed by atoms with Crippen LogP contribution in [0.25, 0.3) is 21.3 Å². The monoisotopic (exact) mass is 488 g/mol. The summed E-state index contributed by atoms with van der Waals surface area (Å²) < 4.78 is 29.9. The molecule has 1 fully saturated rings. The Hall–Kier alpha value is -3.02. The average Bonchev–Trinajstić information content (AvgIpc) is 3.22. The zero-order valence-corrected chi connectivity index (χ0v) is 19.7. The van der Waals surface area contributed by atoms with Crippen molar-refractivity contribution in [3.05, 3.63) is 42.5 Å². The quantitative estimate of drug-likeness (QED) is 0.569. The Bertz CT molecular complexity index is 1300. The lowest BCUT2D eigenvalue weighted by Crippen LogP contribution is -2.43. The number of carbonyl (C=O) groups is 2. The van der Waals surface area contributed by atoms with Crippen LogP contribution in [0.3, 0.4) is 0 Å². The van der Waals surface area contributed by atoms with Crippen molar-refractivity contribution in [3.8, 4) is 11.1 Å². The largest absolute Gasteiger partial charge is 0.378 e. The number of primary amides is 1. The van der Waals surface area contributed by atoms with Crippen molar-refractivity contribution in [3.63, 3.8) is 0 Å². The minimum atomic E-state index is -3.32. The van der Waals surface area contributed by atoms with Gasteiger partial charge in [0.15, 0.2) is 15.0 Å². The second-order valence-electron chi connectivity index (χ2n) is 7.71. The molecule has 0 atom stereocenters. The fourth-order valence-electron chi connectivity index (χ4n) is 3.59. The molecule has 0 saturated carbocycles. The topological polar surface area (TPSA) is 123 Å². The third kappa shape index (κ3) is 5.32. The molecule has 3 aromatic rings. The second-order valence-corrected chi connectivity index (χ2v) is 10.7. The van der Waals surface area contributed by atoms with Gasteiger partial charge >= 0.3 is 6.03 Å². The molecule has 33 heavy (non-hydrogen) atoms. The Morgan fingerprint density at radius 2 is 1.88 bits per heavy atom. The fraction of sp³-hybridized carbons (Fsp3) is 0.318. The lowest BCUT2D eigenvalue weighted by Gasteiger charge is -2.27. The van der Waals surface area contributed by atoms with E-state index in [1.807, 2.05) is 24.3 Å². The highest BCUT2D eigenvalue weighted by Gasteiger charge is 2.22. The number of morpholine rings is 1. The van der Waals surface area contributed by atoms with Crippen molar-refractivity contribution in [1.29, 1.82) is 0 Å². The van der Waals surface area contributed by atoms with Crippen molar-refractivity contribution < 1.29 is 22.7 Å². The zero-order valence-electron chi connectivity index (χ0n) is 18.1. The van der Waals surface area contributed by atoms with Gasteiger partial charge in [-0.3, -0.25) is 9.69 Å². The van der Waals surface area contributed by atoms with Crippen molar-refractivity contribution >= 4 is 48.5 Å². The van der Waals surface area contributed by atoms with Gasteiger partial charge in [0.05, 0.1) is 28.3 Å². The summed E-state index contributed by atoms with van der Waals surface area (Å²) in [5.74, 6) is -0.0568. The molecule has 2 heterocycles. The number of sulfone groups is 1. The van der Waals surface area contributed by atoms with Gasteiger partial charge in [-0.15, -0.1) is 0 Å². The number of rotatable bonds is 6. The molecule has 1 aliphatic rings. The van der Waals surface area contributed by atoms with Gasteiger partial charge < -0.3 is 15.4 Å². The molecular weight excluding hydrogens is 464 g/mol. The number of thiazole rings is 1. The molecular formula is C22H24N4O5S2. The number of fused-ring (bicyclic) bond motifs is 1. The number of urea groups is 1. The van der Waals surface area contributed by atoms with Gasteiger partial charge in [-0.25, -0.2) is 18.2 Å². The summed E-state index contributed by atoms with van der Waals surface area (Å²) in [6, 6.07) is 11.6. The summed E-state index contributed by atoms with van der Waals surface area (Å²) in [6.07, 6.45) is 1.31. The Balaban J connectivity index is 1.56. The van der Waals surface area contributed by atoms with E-state index in [-0.39, 0.29) is 23.8 Å². The van der Waals surface area contributed by atoms with Crippen molar-refractivity contribution in [2.45, 2.75) is 11.3 Å². The molecule has 1 saturated heterocycles. The summed E-state index contributed by atoms with van der Waals surface area (Å²) in [4.78, 5) is 32.4. The Kier molecular flexibility index (Phi) is 6.63. The van der Waals surface area contributed by atoms with Crippen LogP contribution in [0.2, 0.25) is 0 Å². The lowest BCUT2D eigenvalue weighted by molar-refractivity contribution is -0.135. The minimum Gasteiger partial charge on any atom is -0.378 e. The minimum absolute atomic E-state index is 0.0568. The second kappa shape index (κ2) is 9.46. The molecule has 11 heteroatoms. The molecule has 2 N–H and O–H groups in total. The summed E-state index contributed by atoms with van der Waals surface area (Å²) in [5.41, 5.74) is 7.86. The van der Waals surface area contributed by atoms with Gasteiger partial charge in [-0.2, -0.15) is 0 Å². The Labute approximate surface area is 195 Å². The number of ether oxygens (including phenoxy) is 1. The Morgan fingerprint density at radius 3 is 2.58 bits per heavy atom. The van der Waals surface area contributed by atoms with E-state index in [9.17, 15) is 18.0 Å². The van der Waals surface area contributed by atoms with E-state index in [4.69, 9.17) is 10.5 Å².